The van der Waals surface area contributed by atoms with Crippen LogP contribution in [0.25, 0.3) is 0 Å². The third kappa shape index (κ3) is 2.91. The predicted octanol–water partition coefficient (Wildman–Crippen LogP) is 2.43. The van der Waals surface area contributed by atoms with E-state index < -0.39 is 35.9 Å². The fourth-order valence-electron chi connectivity index (χ4n) is 3.32. The van der Waals surface area contributed by atoms with Crippen LogP contribution in [-0.4, -0.2) is 40.6 Å². The Hall–Kier alpha value is -1.27. The summed E-state index contributed by atoms with van der Waals surface area (Å²) in [6.45, 7) is 0.247. The van der Waals surface area contributed by atoms with E-state index in [1.54, 1.807) is 0 Å². The van der Waals surface area contributed by atoms with Gasteiger partial charge in [0.05, 0.1) is 5.92 Å². The van der Waals surface area contributed by atoms with E-state index in [1.165, 1.54) is 0 Å². The van der Waals surface area contributed by atoms with E-state index in [9.17, 15) is 22.8 Å². The van der Waals surface area contributed by atoms with E-state index in [0.717, 1.165) is 4.90 Å². The average molecular weight is 293 g/mol. The summed E-state index contributed by atoms with van der Waals surface area (Å²) in [6.07, 6.45) is -2.31. The van der Waals surface area contributed by atoms with Crippen LogP contribution in [0.2, 0.25) is 0 Å². The second-order valence-electron chi connectivity index (χ2n) is 5.57. The van der Waals surface area contributed by atoms with Gasteiger partial charge < -0.3 is 10.0 Å². The van der Waals surface area contributed by atoms with Crippen LogP contribution in [0.1, 0.15) is 38.5 Å². The van der Waals surface area contributed by atoms with Gasteiger partial charge in [-0.1, -0.05) is 12.8 Å². The molecule has 7 heteroatoms. The maximum atomic E-state index is 13.0. The molecule has 3 atom stereocenters. The minimum absolute atomic E-state index is 0.0362. The second kappa shape index (κ2) is 5.61. The van der Waals surface area contributed by atoms with Gasteiger partial charge in [0.15, 0.2) is 0 Å². The van der Waals surface area contributed by atoms with Crippen molar-refractivity contribution < 1.29 is 27.9 Å². The molecule has 1 N–H and O–H groups in total. The van der Waals surface area contributed by atoms with Gasteiger partial charge >= 0.3 is 12.1 Å². The molecule has 114 valence electrons. The van der Waals surface area contributed by atoms with Crippen LogP contribution in [0.5, 0.6) is 0 Å². The first-order valence-electron chi connectivity index (χ1n) is 6.92. The van der Waals surface area contributed by atoms with Crippen molar-refractivity contribution in [2.24, 2.45) is 11.8 Å². The molecule has 1 aliphatic carbocycles. The summed E-state index contributed by atoms with van der Waals surface area (Å²) >= 11 is 0. The van der Waals surface area contributed by atoms with E-state index in [1.807, 2.05) is 0 Å². The van der Waals surface area contributed by atoms with Gasteiger partial charge in [0.25, 0.3) is 0 Å². The molecule has 0 aromatic heterocycles. The standard InChI is InChI=1S/C13H18F3NO3/c14-13(15,16)9-5-2-1-4-8(9)11(18)17-7-3-6-10(17)12(19)20/h8-10H,1-7H2,(H,19,20)/t8?,9?,10-/m1/s1. The highest BCUT2D eigenvalue weighted by molar-refractivity contribution is 5.86. The Labute approximate surface area is 114 Å². The highest BCUT2D eigenvalue weighted by atomic mass is 19.4. The summed E-state index contributed by atoms with van der Waals surface area (Å²) in [5.74, 6) is -4.49. The van der Waals surface area contributed by atoms with Gasteiger partial charge in [-0.25, -0.2) is 4.79 Å². The van der Waals surface area contributed by atoms with Crippen LogP contribution < -0.4 is 0 Å². The summed E-state index contributed by atoms with van der Waals surface area (Å²) in [6, 6.07) is -0.960. The lowest BCUT2D eigenvalue weighted by Crippen LogP contribution is -2.48. The first-order valence-corrected chi connectivity index (χ1v) is 6.92. The normalized spacial score (nSPS) is 31.4. The molecular formula is C13H18F3NO3. The highest BCUT2D eigenvalue weighted by Gasteiger charge is 2.50. The third-order valence-electron chi connectivity index (χ3n) is 4.32. The number of carbonyl (C=O) groups is 2. The fraction of sp³-hybridized carbons (Fsp3) is 0.846. The molecule has 0 spiro atoms. The van der Waals surface area contributed by atoms with Crippen molar-refractivity contribution in [1.82, 2.24) is 4.90 Å². The largest absolute Gasteiger partial charge is 0.480 e. The molecule has 2 unspecified atom stereocenters. The Morgan fingerprint density at radius 1 is 1.05 bits per heavy atom. The topological polar surface area (TPSA) is 57.6 Å². The van der Waals surface area contributed by atoms with Gasteiger partial charge in [0.2, 0.25) is 5.91 Å². The molecular weight excluding hydrogens is 275 g/mol. The summed E-state index contributed by atoms with van der Waals surface area (Å²) in [5, 5.41) is 9.04. The van der Waals surface area contributed by atoms with Crippen LogP contribution in [-0.2, 0) is 9.59 Å². The van der Waals surface area contributed by atoms with Crippen LogP contribution >= 0.6 is 0 Å². The summed E-state index contributed by atoms with van der Waals surface area (Å²) in [7, 11) is 0. The Kier molecular flexibility index (Phi) is 4.25. The van der Waals surface area contributed by atoms with Gasteiger partial charge in [-0.2, -0.15) is 13.2 Å². The summed E-state index contributed by atoms with van der Waals surface area (Å²) < 4.78 is 39.0. The molecule has 20 heavy (non-hydrogen) atoms. The first-order chi connectivity index (χ1) is 9.32. The summed E-state index contributed by atoms with van der Waals surface area (Å²) in [5.41, 5.74) is 0. The molecule has 0 aromatic carbocycles. The molecule has 2 fully saturated rings. The van der Waals surface area contributed by atoms with E-state index in [2.05, 4.69) is 0 Å². The van der Waals surface area contributed by atoms with Crippen LogP contribution in [0.15, 0.2) is 0 Å². The molecule has 1 amide bonds. The number of amides is 1. The number of hydrogen-bond acceptors (Lipinski definition) is 2. The molecule has 0 radical (unpaired) electrons. The van der Waals surface area contributed by atoms with Crippen molar-refractivity contribution in [3.8, 4) is 0 Å². The summed E-state index contributed by atoms with van der Waals surface area (Å²) in [4.78, 5) is 24.5. The smallest absolute Gasteiger partial charge is 0.392 e. The number of hydrogen-bond donors (Lipinski definition) is 1. The minimum atomic E-state index is -4.39. The lowest BCUT2D eigenvalue weighted by Gasteiger charge is -2.35. The first kappa shape index (κ1) is 15.1. The van der Waals surface area contributed by atoms with Gasteiger partial charge in [0.1, 0.15) is 6.04 Å². The molecule has 1 saturated carbocycles. The van der Waals surface area contributed by atoms with E-state index in [-0.39, 0.29) is 19.4 Å². The van der Waals surface area contributed by atoms with E-state index >= 15 is 0 Å². The molecule has 2 aliphatic rings. The van der Waals surface area contributed by atoms with Gasteiger partial charge in [0, 0.05) is 12.5 Å². The third-order valence-corrected chi connectivity index (χ3v) is 4.32. The monoisotopic (exact) mass is 293 g/mol. The molecule has 0 aromatic rings. The number of carboxylic acid groups (broad SMARTS) is 1. The number of halogens is 3. The van der Waals surface area contributed by atoms with Crippen LogP contribution in [0.4, 0.5) is 13.2 Å². The van der Waals surface area contributed by atoms with Crippen molar-refractivity contribution >= 4 is 11.9 Å². The number of nitrogens with zero attached hydrogens (tertiary/aromatic N) is 1. The van der Waals surface area contributed by atoms with Crippen LogP contribution in [0.3, 0.4) is 0 Å². The van der Waals surface area contributed by atoms with Crippen LogP contribution in [0, 0.1) is 11.8 Å². The Morgan fingerprint density at radius 3 is 2.30 bits per heavy atom. The predicted molar refractivity (Wildman–Crippen MR) is 63.9 cm³/mol. The fourth-order valence-corrected chi connectivity index (χ4v) is 3.32. The Bertz CT molecular complexity index is 397. The Morgan fingerprint density at radius 2 is 1.70 bits per heavy atom. The van der Waals surface area contributed by atoms with Gasteiger partial charge in [-0.15, -0.1) is 0 Å². The van der Waals surface area contributed by atoms with Crippen molar-refractivity contribution in [3.63, 3.8) is 0 Å². The van der Waals surface area contributed by atoms with Crippen molar-refractivity contribution in [1.29, 1.82) is 0 Å². The molecule has 2 rings (SSSR count). The minimum Gasteiger partial charge on any atom is -0.480 e. The van der Waals surface area contributed by atoms with Gasteiger partial charge in [-0.3, -0.25) is 4.79 Å². The maximum absolute atomic E-state index is 13.0. The lowest BCUT2D eigenvalue weighted by atomic mass is 9.78. The molecule has 1 heterocycles. The van der Waals surface area contributed by atoms with E-state index in [4.69, 9.17) is 5.11 Å². The Balaban J connectivity index is 2.15. The second-order valence-corrected chi connectivity index (χ2v) is 5.57. The van der Waals surface area contributed by atoms with Crippen molar-refractivity contribution in [3.05, 3.63) is 0 Å². The molecule has 0 bridgehead atoms. The molecule has 1 aliphatic heterocycles. The zero-order chi connectivity index (χ0) is 14.9. The number of carbonyl (C=O) groups excluding carboxylic acids is 1. The SMILES string of the molecule is O=C(O)[C@H]1CCCN1C(=O)C1CCCCC1C(F)(F)F. The molecule has 1 saturated heterocycles. The molecule has 4 nitrogen and oxygen atoms in total. The number of carboxylic acids is 1. The van der Waals surface area contributed by atoms with Crippen molar-refractivity contribution in [2.75, 3.05) is 6.54 Å². The maximum Gasteiger partial charge on any atom is 0.392 e. The zero-order valence-electron chi connectivity index (χ0n) is 11.0. The van der Waals surface area contributed by atoms with Gasteiger partial charge in [-0.05, 0) is 25.7 Å². The average Bonchev–Trinajstić information content (AvgIpc) is 2.86. The number of likely N-dealkylation sites (tertiary alicyclic amines) is 1. The quantitative estimate of drug-likeness (QED) is 0.850. The lowest BCUT2D eigenvalue weighted by molar-refractivity contribution is -0.201. The number of alkyl halides is 3. The zero-order valence-corrected chi connectivity index (χ0v) is 11.0. The number of rotatable bonds is 2. The van der Waals surface area contributed by atoms with Crippen molar-refractivity contribution in [2.45, 2.75) is 50.7 Å². The number of aliphatic carboxylic acids is 1. The highest BCUT2D eigenvalue weighted by Crippen LogP contribution is 2.42. The van der Waals surface area contributed by atoms with E-state index in [0.29, 0.717) is 25.7 Å².